The van der Waals surface area contributed by atoms with Gasteiger partial charge < -0.3 is 5.73 Å². The minimum Gasteiger partial charge on any atom is -0.368 e. The summed E-state index contributed by atoms with van der Waals surface area (Å²) >= 11 is 6.12. The summed E-state index contributed by atoms with van der Waals surface area (Å²) in [6, 6.07) is 7.43. The second kappa shape index (κ2) is 5.67. The average Bonchev–Trinajstić information content (AvgIpc) is 2.77. The molecule has 0 saturated carbocycles. The molecule has 0 aromatic carbocycles. The number of halogens is 1. The van der Waals surface area contributed by atoms with Crippen LogP contribution in [0.2, 0.25) is 5.15 Å². The molecule has 0 amide bonds. The summed E-state index contributed by atoms with van der Waals surface area (Å²) in [4.78, 5) is 12.2. The Morgan fingerprint density at radius 3 is 2.68 bits per heavy atom. The van der Waals surface area contributed by atoms with Gasteiger partial charge in [-0.05, 0) is 18.2 Å². The number of hydrogen-bond acceptors (Lipinski definition) is 4. The first-order chi connectivity index (χ1) is 9.25. The summed E-state index contributed by atoms with van der Waals surface area (Å²) < 4.78 is 1.87. The van der Waals surface area contributed by atoms with Crippen LogP contribution in [-0.4, -0.2) is 19.4 Å². The lowest BCUT2D eigenvalue weighted by molar-refractivity contribution is 1.14. The third kappa shape index (κ3) is 2.51. The van der Waals surface area contributed by atoms with E-state index in [1.165, 1.54) is 0 Å². The maximum atomic E-state index is 6.12. The lowest BCUT2D eigenvalue weighted by atomic mass is 10.3. The van der Waals surface area contributed by atoms with Crippen LogP contribution in [0.5, 0.6) is 0 Å². The molecule has 0 unspecified atom stereocenters. The molecule has 0 spiro atoms. The predicted octanol–water partition coefficient (Wildman–Crippen LogP) is 3.05. The van der Waals surface area contributed by atoms with E-state index in [9.17, 15) is 0 Å². The summed E-state index contributed by atoms with van der Waals surface area (Å²) in [6.45, 7) is 4.00. The Morgan fingerprint density at radius 2 is 1.95 bits per heavy atom. The first kappa shape index (κ1) is 13.3. The van der Waals surface area contributed by atoms with Gasteiger partial charge in [0.25, 0.3) is 0 Å². The molecule has 0 aliphatic carbocycles. The van der Waals surface area contributed by atoms with E-state index in [1.54, 1.807) is 12.3 Å². The smallest absolute Gasteiger partial charge is 0.220 e. The molecule has 3 aromatic rings. The molecule has 0 bridgehead atoms. The van der Waals surface area contributed by atoms with Crippen molar-refractivity contribution in [3.05, 3.63) is 41.8 Å². The molecular formula is C13H14ClN5. The van der Waals surface area contributed by atoms with Gasteiger partial charge >= 0.3 is 0 Å². The Bertz CT molecular complexity index is 692. The number of nitrogens with two attached hydrogens (primary N) is 1. The highest BCUT2D eigenvalue weighted by molar-refractivity contribution is 6.32. The zero-order chi connectivity index (χ0) is 13.8. The Labute approximate surface area is 116 Å². The van der Waals surface area contributed by atoms with Crippen LogP contribution in [0.4, 0.5) is 5.95 Å². The number of pyridine rings is 1. The van der Waals surface area contributed by atoms with Crippen LogP contribution in [0.1, 0.15) is 13.8 Å². The second-order valence-electron chi connectivity index (χ2n) is 3.48. The summed E-state index contributed by atoms with van der Waals surface area (Å²) in [5.41, 5.74) is 7.70. The largest absolute Gasteiger partial charge is 0.368 e. The number of nitrogen functional groups attached to an aromatic ring is 1. The van der Waals surface area contributed by atoms with E-state index in [4.69, 9.17) is 17.3 Å². The molecular weight excluding hydrogens is 262 g/mol. The van der Waals surface area contributed by atoms with Crippen LogP contribution in [0.15, 0.2) is 36.7 Å². The van der Waals surface area contributed by atoms with Crippen LogP contribution in [0.3, 0.4) is 0 Å². The number of aromatic nitrogens is 4. The van der Waals surface area contributed by atoms with Crippen LogP contribution < -0.4 is 5.73 Å². The SMILES string of the molecule is CC.Nc1nccc(-c2c(Cl)nc3ccccn23)n1. The minimum atomic E-state index is 0.212. The van der Waals surface area contributed by atoms with Crippen molar-refractivity contribution in [2.24, 2.45) is 0 Å². The standard InChI is InChI=1S/C11H8ClN5.C2H6/c12-10-9(7-4-5-14-11(13)15-7)17-6-2-1-3-8(17)16-10;1-2/h1-6H,(H2,13,14,15);1-2H3. The highest BCUT2D eigenvalue weighted by atomic mass is 35.5. The number of rotatable bonds is 1. The minimum absolute atomic E-state index is 0.212. The third-order valence-corrected chi connectivity index (χ3v) is 2.67. The van der Waals surface area contributed by atoms with E-state index in [0.717, 1.165) is 11.3 Å². The Balaban J connectivity index is 0.000000637. The number of imidazole rings is 1. The Hall–Kier alpha value is -2.14. The van der Waals surface area contributed by atoms with Crippen molar-refractivity contribution in [3.63, 3.8) is 0 Å². The highest BCUT2D eigenvalue weighted by Crippen LogP contribution is 2.27. The van der Waals surface area contributed by atoms with Crippen molar-refractivity contribution in [2.45, 2.75) is 13.8 Å². The molecule has 0 fully saturated rings. The molecule has 5 nitrogen and oxygen atoms in total. The summed E-state index contributed by atoms with van der Waals surface area (Å²) in [5.74, 6) is 0.212. The molecule has 6 heteroatoms. The summed E-state index contributed by atoms with van der Waals surface area (Å²) in [6.07, 6.45) is 3.47. The van der Waals surface area contributed by atoms with Gasteiger partial charge in [0.05, 0.1) is 5.69 Å². The van der Waals surface area contributed by atoms with Gasteiger partial charge in [-0.15, -0.1) is 0 Å². The normalized spacial score (nSPS) is 10.1. The van der Waals surface area contributed by atoms with E-state index in [2.05, 4.69) is 15.0 Å². The van der Waals surface area contributed by atoms with E-state index in [1.807, 2.05) is 42.6 Å². The van der Waals surface area contributed by atoms with E-state index in [0.29, 0.717) is 10.8 Å². The van der Waals surface area contributed by atoms with E-state index in [-0.39, 0.29) is 5.95 Å². The molecule has 98 valence electrons. The fourth-order valence-electron chi connectivity index (χ4n) is 1.70. The first-order valence-corrected chi connectivity index (χ1v) is 6.35. The summed E-state index contributed by atoms with van der Waals surface area (Å²) in [5, 5.41) is 0.398. The topological polar surface area (TPSA) is 69.1 Å². The first-order valence-electron chi connectivity index (χ1n) is 5.97. The fourth-order valence-corrected chi connectivity index (χ4v) is 1.98. The van der Waals surface area contributed by atoms with Crippen LogP contribution in [-0.2, 0) is 0 Å². The highest BCUT2D eigenvalue weighted by Gasteiger charge is 2.13. The third-order valence-electron chi connectivity index (χ3n) is 2.40. The van der Waals surface area contributed by atoms with Crippen molar-refractivity contribution in [1.29, 1.82) is 0 Å². The van der Waals surface area contributed by atoms with Gasteiger partial charge in [0.2, 0.25) is 5.95 Å². The lowest BCUT2D eigenvalue weighted by Gasteiger charge is -2.01. The van der Waals surface area contributed by atoms with Crippen molar-refractivity contribution < 1.29 is 0 Å². The van der Waals surface area contributed by atoms with Gasteiger partial charge in [0, 0.05) is 12.4 Å². The maximum absolute atomic E-state index is 6.12. The number of nitrogens with zero attached hydrogens (tertiary/aromatic N) is 4. The molecule has 3 heterocycles. The summed E-state index contributed by atoms with van der Waals surface area (Å²) in [7, 11) is 0. The quantitative estimate of drug-likeness (QED) is 0.741. The van der Waals surface area contributed by atoms with Crippen LogP contribution in [0.25, 0.3) is 17.0 Å². The van der Waals surface area contributed by atoms with E-state index >= 15 is 0 Å². The molecule has 0 aliphatic heterocycles. The zero-order valence-electron chi connectivity index (χ0n) is 10.7. The van der Waals surface area contributed by atoms with Crippen molar-refractivity contribution >= 4 is 23.2 Å². The second-order valence-corrected chi connectivity index (χ2v) is 3.84. The predicted molar refractivity (Wildman–Crippen MR) is 77.0 cm³/mol. The van der Waals surface area contributed by atoms with Gasteiger partial charge in [0.15, 0.2) is 5.15 Å². The number of fused-ring (bicyclic) bond motifs is 1. The fraction of sp³-hybridized carbons (Fsp3) is 0.154. The van der Waals surface area contributed by atoms with Gasteiger partial charge in [-0.25, -0.2) is 15.0 Å². The van der Waals surface area contributed by atoms with Gasteiger partial charge in [0.1, 0.15) is 11.3 Å². The van der Waals surface area contributed by atoms with Gasteiger partial charge in [-0.1, -0.05) is 31.5 Å². The monoisotopic (exact) mass is 275 g/mol. The average molecular weight is 276 g/mol. The lowest BCUT2D eigenvalue weighted by Crippen LogP contribution is -1.97. The van der Waals surface area contributed by atoms with Crippen molar-refractivity contribution in [1.82, 2.24) is 19.4 Å². The molecule has 2 N–H and O–H groups in total. The number of hydrogen-bond donors (Lipinski definition) is 1. The zero-order valence-corrected chi connectivity index (χ0v) is 11.5. The van der Waals surface area contributed by atoms with E-state index < -0.39 is 0 Å². The van der Waals surface area contributed by atoms with Crippen LogP contribution >= 0.6 is 11.6 Å². The Kier molecular flexibility index (Phi) is 3.97. The molecule has 3 aromatic heterocycles. The van der Waals surface area contributed by atoms with Crippen LogP contribution in [0, 0.1) is 0 Å². The van der Waals surface area contributed by atoms with Crippen molar-refractivity contribution in [3.8, 4) is 11.4 Å². The molecule has 0 aliphatic rings. The van der Waals surface area contributed by atoms with Gasteiger partial charge in [-0.2, -0.15) is 0 Å². The molecule has 0 radical (unpaired) electrons. The Morgan fingerprint density at radius 1 is 1.16 bits per heavy atom. The van der Waals surface area contributed by atoms with Crippen molar-refractivity contribution in [2.75, 3.05) is 5.73 Å². The maximum Gasteiger partial charge on any atom is 0.220 e. The molecule has 3 rings (SSSR count). The molecule has 0 saturated heterocycles. The molecule has 0 atom stereocenters. The number of anilines is 1. The molecule has 19 heavy (non-hydrogen) atoms. The van der Waals surface area contributed by atoms with Gasteiger partial charge in [-0.3, -0.25) is 4.40 Å².